The lowest BCUT2D eigenvalue weighted by molar-refractivity contribution is -0.150. The van der Waals surface area contributed by atoms with E-state index in [0.717, 1.165) is 17.7 Å². The molecule has 1 saturated heterocycles. The largest absolute Gasteiger partial charge is 0.319 e. The number of nitrogens with zero attached hydrogens (tertiary/aromatic N) is 5. The van der Waals surface area contributed by atoms with Crippen molar-refractivity contribution in [2.75, 3.05) is 19.6 Å². The monoisotopic (exact) mass is 417 g/mol. The summed E-state index contributed by atoms with van der Waals surface area (Å²) < 4.78 is 1.51. The van der Waals surface area contributed by atoms with E-state index < -0.39 is 5.91 Å². The van der Waals surface area contributed by atoms with Gasteiger partial charge in [-0.25, -0.2) is 4.68 Å². The molecule has 0 unspecified atom stereocenters. The Kier molecular flexibility index (Phi) is 5.88. The second kappa shape index (κ2) is 8.91. The molecule has 1 aromatic heterocycles. The number of rotatable bonds is 6. The zero-order valence-electron chi connectivity index (χ0n) is 17.3. The van der Waals surface area contributed by atoms with Crippen molar-refractivity contribution in [2.24, 2.45) is 0 Å². The molecule has 1 fully saturated rings. The van der Waals surface area contributed by atoms with Crippen molar-refractivity contribution in [3.8, 4) is 5.69 Å². The zero-order chi connectivity index (χ0) is 21.8. The van der Waals surface area contributed by atoms with Crippen LogP contribution in [0.15, 0.2) is 60.8 Å². The van der Waals surface area contributed by atoms with E-state index in [9.17, 15) is 14.4 Å². The van der Waals surface area contributed by atoms with Gasteiger partial charge in [-0.1, -0.05) is 54.6 Å². The van der Waals surface area contributed by atoms with Crippen molar-refractivity contribution < 1.29 is 14.4 Å². The van der Waals surface area contributed by atoms with Crippen LogP contribution >= 0.6 is 0 Å². The van der Waals surface area contributed by atoms with Crippen molar-refractivity contribution >= 4 is 17.7 Å². The van der Waals surface area contributed by atoms with E-state index in [2.05, 4.69) is 17.2 Å². The maximum atomic E-state index is 12.8. The number of hydrogen-bond donors (Lipinski definition) is 0. The average Bonchev–Trinajstić information content (AvgIpc) is 3.29. The Morgan fingerprint density at radius 3 is 2.26 bits per heavy atom. The van der Waals surface area contributed by atoms with E-state index >= 15 is 0 Å². The molecule has 1 aliphatic heterocycles. The Balaban J connectivity index is 1.40. The zero-order valence-corrected chi connectivity index (χ0v) is 17.3. The quantitative estimate of drug-likeness (QED) is 0.572. The van der Waals surface area contributed by atoms with Crippen LogP contribution in [0.4, 0.5) is 0 Å². The lowest BCUT2D eigenvalue weighted by Gasteiger charge is -2.32. The summed E-state index contributed by atoms with van der Waals surface area (Å²) in [5.74, 6) is -1.26. The number of carbonyl (C=O) groups is 3. The fraction of sp³-hybridized carbons (Fsp3) is 0.261. The molecule has 2 aromatic carbocycles. The molecule has 3 aromatic rings. The van der Waals surface area contributed by atoms with Crippen LogP contribution in [0.5, 0.6) is 0 Å². The summed E-state index contributed by atoms with van der Waals surface area (Å²) in [6, 6.07) is 17.4. The molecule has 0 atom stereocenters. The van der Waals surface area contributed by atoms with Gasteiger partial charge in [0.05, 0.1) is 11.9 Å². The van der Waals surface area contributed by atoms with Crippen molar-refractivity contribution in [3.05, 3.63) is 77.6 Å². The summed E-state index contributed by atoms with van der Waals surface area (Å²) in [6.45, 7) is 2.06. The van der Waals surface area contributed by atoms with Crippen LogP contribution in [-0.2, 0) is 22.4 Å². The normalized spacial score (nSPS) is 14.2. The highest BCUT2D eigenvalue weighted by atomic mass is 16.2. The molecule has 0 bridgehead atoms. The Labute approximate surface area is 180 Å². The molecule has 3 amide bonds. The van der Waals surface area contributed by atoms with Crippen molar-refractivity contribution in [2.45, 2.75) is 19.8 Å². The highest BCUT2D eigenvalue weighted by Crippen LogP contribution is 2.13. The number of amides is 3. The van der Waals surface area contributed by atoms with Gasteiger partial charge in [-0.2, -0.15) is 0 Å². The highest BCUT2D eigenvalue weighted by Gasteiger charge is 2.34. The summed E-state index contributed by atoms with van der Waals surface area (Å²) in [5, 5.41) is 7.95. The maximum Gasteiger partial charge on any atom is 0.276 e. The first-order valence-electron chi connectivity index (χ1n) is 10.2. The minimum absolute atomic E-state index is 0.0953. The SMILES string of the molecule is CCc1ccc(-n2cc(C(=O)N3CC(=O)N(CCc4ccccc4)C(=O)C3)nn2)cc1. The molecule has 0 saturated carbocycles. The Bertz CT molecular complexity index is 1070. The Morgan fingerprint density at radius 2 is 1.61 bits per heavy atom. The molecule has 8 nitrogen and oxygen atoms in total. The van der Waals surface area contributed by atoms with Gasteiger partial charge >= 0.3 is 0 Å². The molecular weight excluding hydrogens is 394 g/mol. The Hall–Kier alpha value is -3.81. The molecule has 8 heteroatoms. The topological polar surface area (TPSA) is 88.4 Å². The summed E-state index contributed by atoms with van der Waals surface area (Å²) in [7, 11) is 0. The minimum atomic E-state index is -0.485. The van der Waals surface area contributed by atoms with E-state index in [-0.39, 0.29) is 30.6 Å². The third-order valence-corrected chi connectivity index (χ3v) is 5.33. The number of aryl methyl sites for hydroxylation is 1. The molecule has 31 heavy (non-hydrogen) atoms. The van der Waals surface area contributed by atoms with Crippen LogP contribution in [-0.4, -0.2) is 62.1 Å². The highest BCUT2D eigenvalue weighted by molar-refractivity contribution is 6.05. The second-order valence-electron chi connectivity index (χ2n) is 7.40. The lowest BCUT2D eigenvalue weighted by Crippen LogP contribution is -2.56. The fourth-order valence-electron chi connectivity index (χ4n) is 3.51. The van der Waals surface area contributed by atoms with Crippen LogP contribution in [0.25, 0.3) is 5.69 Å². The minimum Gasteiger partial charge on any atom is -0.319 e. The number of hydrogen-bond acceptors (Lipinski definition) is 5. The maximum absolute atomic E-state index is 12.8. The van der Waals surface area contributed by atoms with E-state index in [1.807, 2.05) is 54.6 Å². The van der Waals surface area contributed by atoms with Crippen molar-refractivity contribution in [1.82, 2.24) is 24.8 Å². The van der Waals surface area contributed by atoms with Crippen LogP contribution < -0.4 is 0 Å². The third kappa shape index (κ3) is 4.53. The lowest BCUT2D eigenvalue weighted by atomic mass is 10.1. The van der Waals surface area contributed by atoms with E-state index in [4.69, 9.17) is 0 Å². The van der Waals surface area contributed by atoms with Gasteiger partial charge in [-0.3, -0.25) is 19.3 Å². The van der Waals surface area contributed by atoms with E-state index in [0.29, 0.717) is 13.0 Å². The van der Waals surface area contributed by atoms with Gasteiger partial charge in [0.25, 0.3) is 5.91 Å². The van der Waals surface area contributed by atoms with Gasteiger partial charge in [0.15, 0.2) is 5.69 Å². The smallest absolute Gasteiger partial charge is 0.276 e. The molecular formula is C23H23N5O3. The van der Waals surface area contributed by atoms with Crippen molar-refractivity contribution in [3.63, 3.8) is 0 Å². The summed E-state index contributed by atoms with van der Waals surface area (Å²) in [5.41, 5.74) is 3.12. The van der Waals surface area contributed by atoms with Gasteiger partial charge in [0.1, 0.15) is 13.1 Å². The number of piperazine rings is 1. The van der Waals surface area contributed by atoms with E-state index in [1.165, 1.54) is 26.2 Å². The first-order valence-corrected chi connectivity index (χ1v) is 10.2. The average molecular weight is 417 g/mol. The summed E-state index contributed by atoms with van der Waals surface area (Å²) >= 11 is 0. The summed E-state index contributed by atoms with van der Waals surface area (Å²) in [4.78, 5) is 40.3. The molecule has 0 N–H and O–H groups in total. The first-order chi connectivity index (χ1) is 15.0. The third-order valence-electron chi connectivity index (χ3n) is 5.33. The standard InChI is InChI=1S/C23H23N5O3/c1-2-17-8-10-19(11-9-17)28-14-20(24-25-28)23(31)26-15-21(29)27(22(30)16-26)13-12-18-6-4-3-5-7-18/h3-11,14H,2,12-13,15-16H2,1H3. The molecule has 0 aliphatic carbocycles. The van der Waals surface area contributed by atoms with Crippen LogP contribution in [0.2, 0.25) is 0 Å². The molecule has 158 valence electrons. The first kappa shape index (κ1) is 20.5. The molecule has 2 heterocycles. The van der Waals surface area contributed by atoms with Crippen LogP contribution in [0, 0.1) is 0 Å². The predicted molar refractivity (Wildman–Crippen MR) is 114 cm³/mol. The van der Waals surface area contributed by atoms with Crippen LogP contribution in [0.3, 0.4) is 0 Å². The van der Waals surface area contributed by atoms with Gasteiger partial charge in [0.2, 0.25) is 11.8 Å². The predicted octanol–water partition coefficient (Wildman–Crippen LogP) is 1.88. The van der Waals surface area contributed by atoms with Gasteiger partial charge in [-0.05, 0) is 36.1 Å². The Morgan fingerprint density at radius 1 is 0.935 bits per heavy atom. The molecule has 4 rings (SSSR count). The number of aromatic nitrogens is 3. The summed E-state index contributed by atoms with van der Waals surface area (Å²) in [6.07, 6.45) is 3.03. The second-order valence-corrected chi connectivity index (χ2v) is 7.40. The number of imide groups is 1. The van der Waals surface area contributed by atoms with Gasteiger partial charge < -0.3 is 4.90 Å². The molecule has 0 radical (unpaired) electrons. The van der Waals surface area contributed by atoms with Crippen LogP contribution in [0.1, 0.15) is 28.5 Å². The number of carbonyl (C=O) groups excluding carboxylic acids is 3. The molecule has 0 spiro atoms. The van der Waals surface area contributed by atoms with E-state index in [1.54, 1.807) is 0 Å². The molecule has 1 aliphatic rings. The van der Waals surface area contributed by atoms with Gasteiger partial charge in [0, 0.05) is 6.54 Å². The number of benzene rings is 2. The van der Waals surface area contributed by atoms with Crippen molar-refractivity contribution in [1.29, 1.82) is 0 Å². The van der Waals surface area contributed by atoms with Gasteiger partial charge in [-0.15, -0.1) is 5.10 Å². The fourth-order valence-corrected chi connectivity index (χ4v) is 3.51.